The predicted octanol–water partition coefficient (Wildman–Crippen LogP) is 1.15. The van der Waals surface area contributed by atoms with E-state index in [0.717, 1.165) is 0 Å². The number of piperidine rings is 1. The van der Waals surface area contributed by atoms with Crippen molar-refractivity contribution in [3.8, 4) is 0 Å². The first-order valence-electron chi connectivity index (χ1n) is 5.36. The van der Waals surface area contributed by atoms with E-state index in [2.05, 4.69) is 10.6 Å². The van der Waals surface area contributed by atoms with Crippen molar-refractivity contribution in [2.45, 2.75) is 38.7 Å². The van der Waals surface area contributed by atoms with Crippen LogP contribution < -0.4 is 10.6 Å². The van der Waals surface area contributed by atoms with Gasteiger partial charge in [0.2, 0.25) is 5.91 Å². The number of carbonyl (C=O) groups is 1. The largest absolute Gasteiger partial charge is 0.347 e. The molecule has 2 N–H and O–H groups in total. The molecule has 0 aromatic heterocycles. The Morgan fingerprint density at radius 3 is 2.87 bits per heavy atom. The van der Waals surface area contributed by atoms with Crippen molar-refractivity contribution in [3.05, 3.63) is 0 Å². The molecule has 0 aromatic carbocycles. The fraction of sp³-hybridized carbons (Fsp3) is 0.900. The molecule has 0 saturated carbocycles. The van der Waals surface area contributed by atoms with Crippen molar-refractivity contribution in [2.24, 2.45) is 5.92 Å². The van der Waals surface area contributed by atoms with Gasteiger partial charge < -0.3 is 10.6 Å². The number of amides is 1. The molecule has 0 aliphatic carbocycles. The fourth-order valence-corrected chi connectivity index (χ4v) is 1.51. The van der Waals surface area contributed by atoms with Gasteiger partial charge in [-0.1, -0.05) is 13.8 Å². The lowest BCUT2D eigenvalue weighted by Gasteiger charge is -2.33. The first kappa shape index (κ1) is 12.4. The molecule has 2 unspecified atom stereocenters. The van der Waals surface area contributed by atoms with E-state index in [9.17, 15) is 13.6 Å². The summed E-state index contributed by atoms with van der Waals surface area (Å²) in [6.45, 7) is 3.79. The molecule has 0 spiro atoms. The van der Waals surface area contributed by atoms with Crippen LogP contribution in [0.5, 0.6) is 0 Å². The molecular weight excluding hydrogens is 202 g/mol. The van der Waals surface area contributed by atoms with Crippen molar-refractivity contribution >= 4 is 5.91 Å². The predicted molar refractivity (Wildman–Crippen MR) is 53.8 cm³/mol. The van der Waals surface area contributed by atoms with Crippen LogP contribution >= 0.6 is 0 Å². The lowest BCUT2D eigenvalue weighted by molar-refractivity contribution is -0.130. The van der Waals surface area contributed by atoms with Gasteiger partial charge in [0.05, 0.1) is 12.6 Å². The average molecular weight is 220 g/mol. The van der Waals surface area contributed by atoms with Crippen LogP contribution in [0.2, 0.25) is 0 Å². The second-order valence-corrected chi connectivity index (χ2v) is 4.10. The van der Waals surface area contributed by atoms with E-state index in [4.69, 9.17) is 0 Å². The van der Waals surface area contributed by atoms with Gasteiger partial charge in [0.1, 0.15) is 0 Å². The van der Waals surface area contributed by atoms with Crippen LogP contribution in [0.3, 0.4) is 0 Å². The van der Waals surface area contributed by atoms with Crippen molar-refractivity contribution < 1.29 is 13.6 Å². The highest BCUT2D eigenvalue weighted by molar-refractivity contribution is 5.78. The number of alkyl halides is 2. The maximum absolute atomic E-state index is 13.3. The Morgan fingerprint density at radius 1 is 1.67 bits per heavy atom. The van der Waals surface area contributed by atoms with E-state index in [0.29, 0.717) is 13.0 Å². The minimum Gasteiger partial charge on any atom is -0.347 e. The average Bonchev–Trinajstić information content (AvgIpc) is 2.19. The third-order valence-corrected chi connectivity index (χ3v) is 2.86. The molecule has 1 fully saturated rings. The molecule has 3 nitrogen and oxygen atoms in total. The molecule has 0 radical (unpaired) electrons. The zero-order valence-corrected chi connectivity index (χ0v) is 9.15. The van der Waals surface area contributed by atoms with Crippen molar-refractivity contribution in [2.75, 3.05) is 13.1 Å². The number of carbonyl (C=O) groups excluding carboxylic acids is 1. The summed E-state index contributed by atoms with van der Waals surface area (Å²) < 4.78 is 26.6. The van der Waals surface area contributed by atoms with E-state index in [1.165, 1.54) is 0 Å². The van der Waals surface area contributed by atoms with Gasteiger partial charge in [0, 0.05) is 5.92 Å². The highest BCUT2D eigenvalue weighted by Crippen LogP contribution is 2.23. The van der Waals surface area contributed by atoms with E-state index in [1.54, 1.807) is 6.92 Å². The minimum atomic E-state index is -2.83. The first-order chi connectivity index (χ1) is 6.97. The summed E-state index contributed by atoms with van der Waals surface area (Å²) in [6.07, 6.45) is 0.956. The highest BCUT2D eigenvalue weighted by atomic mass is 19.3. The summed E-state index contributed by atoms with van der Waals surface area (Å²) in [6, 6.07) is -1.01. The van der Waals surface area contributed by atoms with Gasteiger partial charge in [-0.3, -0.25) is 4.79 Å². The number of hydrogen-bond donors (Lipinski definition) is 2. The summed E-state index contributed by atoms with van der Waals surface area (Å²) in [5.41, 5.74) is 0. The van der Waals surface area contributed by atoms with Crippen molar-refractivity contribution in [3.63, 3.8) is 0 Å². The Morgan fingerprint density at radius 2 is 2.33 bits per heavy atom. The van der Waals surface area contributed by atoms with E-state index in [1.807, 2.05) is 6.92 Å². The summed E-state index contributed by atoms with van der Waals surface area (Å²) in [7, 11) is 0. The van der Waals surface area contributed by atoms with Crippen molar-refractivity contribution in [1.82, 2.24) is 10.6 Å². The molecule has 1 aliphatic rings. The lowest BCUT2D eigenvalue weighted by atomic mass is 10.0. The van der Waals surface area contributed by atoms with Crippen LogP contribution in [0.25, 0.3) is 0 Å². The fourth-order valence-electron chi connectivity index (χ4n) is 1.51. The minimum absolute atomic E-state index is 0.198. The molecule has 88 valence electrons. The molecule has 1 heterocycles. The number of rotatable bonds is 3. The molecule has 1 aliphatic heterocycles. The second-order valence-electron chi connectivity index (χ2n) is 4.10. The third-order valence-electron chi connectivity index (χ3n) is 2.86. The van der Waals surface area contributed by atoms with Gasteiger partial charge in [0.15, 0.2) is 0 Å². The molecule has 1 saturated heterocycles. The maximum atomic E-state index is 13.3. The molecule has 5 heteroatoms. The molecule has 15 heavy (non-hydrogen) atoms. The van der Waals surface area contributed by atoms with E-state index < -0.39 is 12.0 Å². The molecule has 0 aromatic rings. The first-order valence-corrected chi connectivity index (χ1v) is 5.36. The summed E-state index contributed by atoms with van der Waals surface area (Å²) in [5.74, 6) is -3.30. The third kappa shape index (κ3) is 3.12. The van der Waals surface area contributed by atoms with Crippen LogP contribution in [0.4, 0.5) is 8.78 Å². The lowest BCUT2D eigenvalue weighted by Crippen LogP contribution is -2.57. The molecule has 1 amide bonds. The van der Waals surface area contributed by atoms with E-state index in [-0.39, 0.29) is 24.8 Å². The summed E-state index contributed by atoms with van der Waals surface area (Å²) in [5, 5.41) is 5.05. The quantitative estimate of drug-likeness (QED) is 0.749. The second kappa shape index (κ2) is 4.88. The Hall–Kier alpha value is -0.710. The Kier molecular flexibility index (Phi) is 4.02. The van der Waals surface area contributed by atoms with Crippen LogP contribution in [-0.2, 0) is 4.79 Å². The highest BCUT2D eigenvalue weighted by Gasteiger charge is 2.42. The smallest absolute Gasteiger partial charge is 0.280 e. The number of hydrogen-bond acceptors (Lipinski definition) is 2. The standard InChI is InChI=1S/C10H18F2N2O/c1-3-7(2)9(15)14-8-4-5-13-6-10(8,11)12/h7-8,13H,3-6H2,1-2H3,(H,14,15). The Balaban J connectivity index is 2.52. The van der Waals surface area contributed by atoms with Gasteiger partial charge in [-0.15, -0.1) is 0 Å². The zero-order valence-electron chi connectivity index (χ0n) is 9.15. The SMILES string of the molecule is CCC(C)C(=O)NC1CCNCC1(F)F. The molecular formula is C10H18F2N2O. The number of nitrogens with one attached hydrogen (secondary N) is 2. The Bertz CT molecular complexity index is 233. The van der Waals surface area contributed by atoms with Crippen molar-refractivity contribution in [1.29, 1.82) is 0 Å². The zero-order chi connectivity index (χ0) is 11.5. The van der Waals surface area contributed by atoms with Gasteiger partial charge in [-0.25, -0.2) is 8.78 Å². The molecule has 2 atom stereocenters. The normalized spacial score (nSPS) is 27.1. The number of halogens is 2. The van der Waals surface area contributed by atoms with E-state index >= 15 is 0 Å². The van der Waals surface area contributed by atoms with Gasteiger partial charge in [-0.05, 0) is 19.4 Å². The maximum Gasteiger partial charge on any atom is 0.280 e. The Labute approximate surface area is 88.6 Å². The molecule has 0 bridgehead atoms. The van der Waals surface area contributed by atoms with Gasteiger partial charge in [0.25, 0.3) is 5.92 Å². The topological polar surface area (TPSA) is 41.1 Å². The molecule has 1 rings (SSSR count). The summed E-state index contributed by atoms with van der Waals surface area (Å²) >= 11 is 0. The summed E-state index contributed by atoms with van der Waals surface area (Å²) in [4.78, 5) is 11.5. The van der Waals surface area contributed by atoms with Gasteiger partial charge >= 0.3 is 0 Å². The van der Waals surface area contributed by atoms with Crippen LogP contribution in [0, 0.1) is 5.92 Å². The van der Waals surface area contributed by atoms with Crippen LogP contribution in [-0.4, -0.2) is 31.0 Å². The monoisotopic (exact) mass is 220 g/mol. The van der Waals surface area contributed by atoms with Crippen LogP contribution in [0.1, 0.15) is 26.7 Å². The van der Waals surface area contributed by atoms with Gasteiger partial charge in [-0.2, -0.15) is 0 Å². The van der Waals surface area contributed by atoms with Crippen LogP contribution in [0.15, 0.2) is 0 Å².